The van der Waals surface area contributed by atoms with E-state index in [0.717, 1.165) is 0 Å². The Bertz CT molecular complexity index is 651. The van der Waals surface area contributed by atoms with E-state index in [4.69, 9.17) is 32.7 Å². The molecule has 2 N–H and O–H groups in total. The van der Waals surface area contributed by atoms with E-state index in [2.05, 4.69) is 5.32 Å². The van der Waals surface area contributed by atoms with Gasteiger partial charge in [0, 0.05) is 0 Å². The zero-order chi connectivity index (χ0) is 14.0. The highest BCUT2D eigenvalue weighted by Gasteiger charge is 2.15. The van der Waals surface area contributed by atoms with E-state index < -0.39 is 11.9 Å². The van der Waals surface area contributed by atoms with Crippen molar-refractivity contribution in [2.75, 3.05) is 5.32 Å². The minimum absolute atomic E-state index is 0.0120. The minimum atomic E-state index is -1.12. The molecule has 0 atom stereocenters. The van der Waals surface area contributed by atoms with Crippen LogP contribution in [0.4, 0.5) is 5.69 Å². The second-order valence-corrected chi connectivity index (χ2v) is 4.31. The summed E-state index contributed by atoms with van der Waals surface area (Å²) < 4.78 is 4.79. The largest absolute Gasteiger partial charge is 0.478 e. The SMILES string of the molecule is O=C(O)c1ccc(Cl)c(NC(=O)c2ccoc2Cl)c1. The fraction of sp³-hybridized carbons (Fsp3) is 0. The maximum Gasteiger partial charge on any atom is 0.335 e. The van der Waals surface area contributed by atoms with Gasteiger partial charge in [-0.25, -0.2) is 4.79 Å². The number of hydrogen-bond acceptors (Lipinski definition) is 3. The van der Waals surface area contributed by atoms with Gasteiger partial charge in [0.05, 0.1) is 28.1 Å². The van der Waals surface area contributed by atoms with Crippen LogP contribution in [0.25, 0.3) is 0 Å². The molecule has 1 aromatic carbocycles. The van der Waals surface area contributed by atoms with E-state index >= 15 is 0 Å². The molecule has 0 saturated carbocycles. The number of furan rings is 1. The number of anilines is 1. The molecule has 2 aromatic rings. The van der Waals surface area contributed by atoms with Gasteiger partial charge in [0.25, 0.3) is 5.91 Å². The second-order valence-electron chi connectivity index (χ2n) is 3.56. The number of nitrogens with one attached hydrogen (secondary N) is 1. The van der Waals surface area contributed by atoms with Gasteiger partial charge in [-0.2, -0.15) is 0 Å². The van der Waals surface area contributed by atoms with E-state index in [-0.39, 0.29) is 27.1 Å². The molecule has 5 nitrogen and oxygen atoms in total. The number of halogens is 2. The number of hydrogen-bond donors (Lipinski definition) is 2. The lowest BCUT2D eigenvalue weighted by molar-refractivity contribution is 0.0696. The first-order valence-corrected chi connectivity index (χ1v) is 5.82. The quantitative estimate of drug-likeness (QED) is 0.908. The molecule has 1 amide bonds. The molecule has 0 bridgehead atoms. The van der Waals surface area contributed by atoms with Crippen molar-refractivity contribution in [2.45, 2.75) is 0 Å². The zero-order valence-electron chi connectivity index (χ0n) is 9.31. The van der Waals surface area contributed by atoms with E-state index in [1.807, 2.05) is 0 Å². The van der Waals surface area contributed by atoms with Crippen molar-refractivity contribution < 1.29 is 19.1 Å². The van der Waals surface area contributed by atoms with E-state index in [1.165, 1.54) is 30.5 Å². The number of carbonyl (C=O) groups is 2. The number of amides is 1. The Hall–Kier alpha value is -1.98. The van der Waals surface area contributed by atoms with Crippen LogP contribution >= 0.6 is 23.2 Å². The molecular weight excluding hydrogens is 293 g/mol. The summed E-state index contributed by atoms with van der Waals surface area (Å²) in [6.45, 7) is 0. The van der Waals surface area contributed by atoms with Crippen LogP contribution in [0.3, 0.4) is 0 Å². The van der Waals surface area contributed by atoms with Gasteiger partial charge in [-0.05, 0) is 35.9 Å². The average Bonchev–Trinajstić information content (AvgIpc) is 2.78. The van der Waals surface area contributed by atoms with Gasteiger partial charge in [0.15, 0.2) is 0 Å². The number of carbonyl (C=O) groups excluding carboxylic acids is 1. The molecule has 0 fully saturated rings. The minimum Gasteiger partial charge on any atom is -0.478 e. The summed E-state index contributed by atoms with van der Waals surface area (Å²) in [5, 5.41) is 11.5. The molecule has 19 heavy (non-hydrogen) atoms. The summed E-state index contributed by atoms with van der Waals surface area (Å²) in [7, 11) is 0. The van der Waals surface area contributed by atoms with Crippen LogP contribution < -0.4 is 5.32 Å². The summed E-state index contributed by atoms with van der Waals surface area (Å²) in [6.07, 6.45) is 1.27. The predicted octanol–water partition coefficient (Wildman–Crippen LogP) is 3.54. The fourth-order valence-electron chi connectivity index (χ4n) is 1.40. The predicted molar refractivity (Wildman–Crippen MR) is 70.1 cm³/mol. The lowest BCUT2D eigenvalue weighted by atomic mass is 10.2. The van der Waals surface area contributed by atoms with Crippen molar-refractivity contribution in [3.05, 3.63) is 51.9 Å². The lowest BCUT2D eigenvalue weighted by Gasteiger charge is -2.07. The van der Waals surface area contributed by atoms with E-state index in [1.54, 1.807) is 0 Å². The standard InChI is InChI=1S/C12H7Cl2NO4/c13-8-2-1-6(12(17)18)5-9(8)15-11(16)7-3-4-19-10(7)14/h1-5H,(H,15,16)(H,17,18). The Kier molecular flexibility index (Phi) is 3.78. The monoisotopic (exact) mass is 299 g/mol. The van der Waals surface area contributed by atoms with Crippen LogP contribution in [0.15, 0.2) is 34.9 Å². The first-order chi connectivity index (χ1) is 8.99. The first kappa shape index (κ1) is 13.5. The van der Waals surface area contributed by atoms with Gasteiger partial charge in [-0.3, -0.25) is 4.79 Å². The molecular formula is C12H7Cl2NO4. The smallest absolute Gasteiger partial charge is 0.335 e. The molecule has 0 aliphatic heterocycles. The number of carboxylic acid groups (broad SMARTS) is 1. The third kappa shape index (κ3) is 2.89. The first-order valence-electron chi connectivity index (χ1n) is 5.06. The van der Waals surface area contributed by atoms with Crippen LogP contribution in [0.1, 0.15) is 20.7 Å². The molecule has 98 valence electrons. The van der Waals surface area contributed by atoms with E-state index in [9.17, 15) is 9.59 Å². The number of rotatable bonds is 3. The summed E-state index contributed by atoms with van der Waals surface area (Å²) in [6, 6.07) is 5.38. The van der Waals surface area contributed by atoms with Crippen molar-refractivity contribution in [3.63, 3.8) is 0 Å². The summed E-state index contributed by atoms with van der Waals surface area (Å²) >= 11 is 11.5. The molecule has 0 unspecified atom stereocenters. The molecule has 0 aliphatic rings. The van der Waals surface area contributed by atoms with Crippen LogP contribution in [0, 0.1) is 0 Å². The van der Waals surface area contributed by atoms with Gasteiger partial charge in [0.1, 0.15) is 0 Å². The lowest BCUT2D eigenvalue weighted by Crippen LogP contribution is -2.12. The molecule has 2 rings (SSSR count). The Balaban J connectivity index is 2.28. The van der Waals surface area contributed by atoms with E-state index in [0.29, 0.717) is 0 Å². The van der Waals surface area contributed by atoms with Crippen molar-refractivity contribution in [1.29, 1.82) is 0 Å². The van der Waals surface area contributed by atoms with Crippen LogP contribution in [-0.4, -0.2) is 17.0 Å². The molecule has 0 spiro atoms. The third-order valence-electron chi connectivity index (χ3n) is 2.32. The van der Waals surface area contributed by atoms with Crippen molar-refractivity contribution in [2.24, 2.45) is 0 Å². The van der Waals surface area contributed by atoms with Crippen LogP contribution in [0.2, 0.25) is 10.2 Å². The van der Waals surface area contributed by atoms with Gasteiger partial charge >= 0.3 is 5.97 Å². The maximum atomic E-state index is 11.9. The number of aromatic carboxylic acids is 1. The molecule has 1 aromatic heterocycles. The van der Waals surface area contributed by atoms with Crippen molar-refractivity contribution >= 4 is 40.8 Å². The third-order valence-corrected chi connectivity index (χ3v) is 2.95. The molecule has 0 radical (unpaired) electrons. The highest BCUT2D eigenvalue weighted by molar-refractivity contribution is 6.35. The fourth-order valence-corrected chi connectivity index (χ4v) is 1.76. The Morgan fingerprint density at radius 1 is 1.21 bits per heavy atom. The number of benzene rings is 1. The number of carboxylic acids is 1. The summed E-state index contributed by atoms with van der Waals surface area (Å²) in [5.74, 6) is -1.66. The summed E-state index contributed by atoms with van der Waals surface area (Å²) in [5.41, 5.74) is 0.334. The second kappa shape index (κ2) is 5.34. The maximum absolute atomic E-state index is 11.9. The Morgan fingerprint density at radius 2 is 1.95 bits per heavy atom. The van der Waals surface area contributed by atoms with Gasteiger partial charge in [-0.15, -0.1) is 0 Å². The summed E-state index contributed by atoms with van der Waals surface area (Å²) in [4.78, 5) is 22.7. The van der Waals surface area contributed by atoms with Gasteiger partial charge in [0.2, 0.25) is 5.22 Å². The Labute approximate surface area is 117 Å². The molecule has 0 aliphatic carbocycles. The highest BCUT2D eigenvalue weighted by Crippen LogP contribution is 2.25. The average molecular weight is 300 g/mol. The van der Waals surface area contributed by atoms with Gasteiger partial charge < -0.3 is 14.8 Å². The van der Waals surface area contributed by atoms with Crippen molar-refractivity contribution in [1.82, 2.24) is 0 Å². The van der Waals surface area contributed by atoms with Crippen LogP contribution in [-0.2, 0) is 0 Å². The normalized spacial score (nSPS) is 10.2. The zero-order valence-corrected chi connectivity index (χ0v) is 10.8. The molecule has 0 saturated heterocycles. The van der Waals surface area contributed by atoms with Gasteiger partial charge in [-0.1, -0.05) is 11.6 Å². The Morgan fingerprint density at radius 3 is 2.53 bits per heavy atom. The van der Waals surface area contributed by atoms with Crippen LogP contribution in [0.5, 0.6) is 0 Å². The molecule has 1 heterocycles. The highest BCUT2D eigenvalue weighted by atomic mass is 35.5. The topological polar surface area (TPSA) is 79.5 Å². The molecule has 7 heteroatoms. The van der Waals surface area contributed by atoms with Crippen molar-refractivity contribution in [3.8, 4) is 0 Å².